The topological polar surface area (TPSA) is 63.3 Å². The van der Waals surface area contributed by atoms with Crippen LogP contribution in [0.15, 0.2) is 36.4 Å². The molecule has 1 fully saturated rings. The highest BCUT2D eigenvalue weighted by Crippen LogP contribution is 2.39. The van der Waals surface area contributed by atoms with Gasteiger partial charge in [-0.25, -0.2) is 0 Å². The van der Waals surface area contributed by atoms with Crippen molar-refractivity contribution in [3.8, 4) is 11.5 Å². The van der Waals surface area contributed by atoms with E-state index in [9.17, 15) is 4.79 Å². The normalized spacial score (nSPS) is 18.0. The molecule has 2 aromatic carbocycles. The average Bonchev–Trinajstić information content (AvgIpc) is 2.83. The van der Waals surface area contributed by atoms with Gasteiger partial charge in [0.1, 0.15) is 11.5 Å². The smallest absolute Gasteiger partial charge is 0.244 e. The summed E-state index contributed by atoms with van der Waals surface area (Å²) in [5.74, 6) is 1.33. The number of carbonyl (C=O) groups is 1. The first-order chi connectivity index (χ1) is 16.1. The standard InChI is InChI=1S/C26H35N3O4/c1-4-32-24-17-23(28-12-14-31-15-13-28)25(33-5-2)16-21(24)27-26(30)18-29-19(3)10-11-20-8-6-7-9-22(20)29/h6-9,16-17,19H,4-5,10-15,18H2,1-3H3,(H,27,30)/t19-/m0/s1. The number of morpholine rings is 1. The van der Waals surface area contributed by atoms with E-state index in [2.05, 4.69) is 40.2 Å². The van der Waals surface area contributed by atoms with E-state index in [0.29, 0.717) is 50.5 Å². The second-order valence-corrected chi connectivity index (χ2v) is 8.47. The van der Waals surface area contributed by atoms with Crippen LogP contribution in [0.5, 0.6) is 11.5 Å². The molecule has 2 aliphatic heterocycles. The Morgan fingerprint density at radius 2 is 1.79 bits per heavy atom. The zero-order valence-electron chi connectivity index (χ0n) is 19.9. The molecular weight excluding hydrogens is 418 g/mol. The molecule has 0 bridgehead atoms. The Balaban J connectivity index is 1.57. The molecule has 7 nitrogen and oxygen atoms in total. The van der Waals surface area contributed by atoms with Gasteiger partial charge < -0.3 is 29.3 Å². The van der Waals surface area contributed by atoms with Crippen molar-refractivity contribution in [3.63, 3.8) is 0 Å². The van der Waals surface area contributed by atoms with E-state index in [0.717, 1.165) is 43.1 Å². The molecule has 1 N–H and O–H groups in total. The number of nitrogens with zero attached hydrogens (tertiary/aromatic N) is 2. The minimum atomic E-state index is -0.0684. The Morgan fingerprint density at radius 3 is 2.55 bits per heavy atom. The van der Waals surface area contributed by atoms with E-state index >= 15 is 0 Å². The summed E-state index contributed by atoms with van der Waals surface area (Å²) in [6.07, 6.45) is 2.09. The van der Waals surface area contributed by atoms with Crippen molar-refractivity contribution in [3.05, 3.63) is 42.0 Å². The first-order valence-electron chi connectivity index (χ1n) is 12.0. The molecule has 0 saturated carbocycles. The van der Waals surface area contributed by atoms with Gasteiger partial charge in [-0.2, -0.15) is 0 Å². The Labute approximate surface area is 196 Å². The number of aryl methyl sites for hydroxylation is 1. The third kappa shape index (κ3) is 5.36. The van der Waals surface area contributed by atoms with Crippen LogP contribution in [0.4, 0.5) is 17.1 Å². The van der Waals surface area contributed by atoms with E-state index in [4.69, 9.17) is 14.2 Å². The molecule has 0 aliphatic carbocycles. The predicted octanol–water partition coefficient (Wildman–Crippen LogP) is 4.10. The maximum absolute atomic E-state index is 13.2. The van der Waals surface area contributed by atoms with Crippen molar-refractivity contribution < 1.29 is 19.0 Å². The minimum Gasteiger partial charge on any atom is -0.492 e. The van der Waals surface area contributed by atoms with E-state index in [1.54, 1.807) is 0 Å². The molecule has 7 heteroatoms. The molecule has 33 heavy (non-hydrogen) atoms. The van der Waals surface area contributed by atoms with Gasteiger partial charge in [0, 0.05) is 37.0 Å². The molecule has 0 unspecified atom stereocenters. The lowest BCUT2D eigenvalue weighted by Crippen LogP contribution is -2.42. The van der Waals surface area contributed by atoms with E-state index in [1.807, 2.05) is 32.0 Å². The predicted molar refractivity (Wildman–Crippen MR) is 132 cm³/mol. The van der Waals surface area contributed by atoms with Crippen molar-refractivity contribution in [2.24, 2.45) is 0 Å². The molecule has 0 aromatic heterocycles. The summed E-state index contributed by atoms with van der Waals surface area (Å²) in [5, 5.41) is 3.09. The largest absolute Gasteiger partial charge is 0.492 e. The lowest BCUT2D eigenvalue weighted by molar-refractivity contribution is -0.115. The fraction of sp³-hybridized carbons (Fsp3) is 0.500. The molecule has 178 valence electrons. The van der Waals surface area contributed by atoms with Gasteiger partial charge in [0.15, 0.2) is 0 Å². The van der Waals surface area contributed by atoms with Gasteiger partial charge in [0.05, 0.1) is 44.3 Å². The summed E-state index contributed by atoms with van der Waals surface area (Å²) >= 11 is 0. The van der Waals surface area contributed by atoms with Gasteiger partial charge in [0.25, 0.3) is 0 Å². The Kier molecular flexibility index (Phi) is 7.60. The number of hydrogen-bond donors (Lipinski definition) is 1. The van der Waals surface area contributed by atoms with Gasteiger partial charge in [0.2, 0.25) is 5.91 Å². The van der Waals surface area contributed by atoms with Crippen LogP contribution >= 0.6 is 0 Å². The second kappa shape index (κ2) is 10.8. The number of benzene rings is 2. The molecule has 0 radical (unpaired) electrons. The van der Waals surface area contributed by atoms with Crippen LogP contribution in [-0.2, 0) is 16.0 Å². The summed E-state index contributed by atoms with van der Waals surface area (Å²) in [6, 6.07) is 12.5. The number of fused-ring (bicyclic) bond motifs is 1. The highest BCUT2D eigenvalue weighted by Gasteiger charge is 2.26. The number of ether oxygens (including phenoxy) is 3. The molecule has 2 aliphatic rings. The van der Waals surface area contributed by atoms with Gasteiger partial charge in [-0.3, -0.25) is 4.79 Å². The third-order valence-corrected chi connectivity index (χ3v) is 6.27. The van der Waals surface area contributed by atoms with Gasteiger partial charge >= 0.3 is 0 Å². The maximum Gasteiger partial charge on any atom is 0.244 e. The van der Waals surface area contributed by atoms with Gasteiger partial charge in [-0.05, 0) is 45.2 Å². The van der Waals surface area contributed by atoms with Crippen molar-refractivity contribution in [2.75, 3.05) is 61.2 Å². The van der Waals surface area contributed by atoms with Crippen LogP contribution in [0.3, 0.4) is 0 Å². The lowest BCUT2D eigenvalue weighted by atomic mass is 9.96. The maximum atomic E-state index is 13.2. The van der Waals surface area contributed by atoms with Crippen LogP contribution in [-0.4, -0.2) is 58.0 Å². The van der Waals surface area contributed by atoms with Crippen molar-refractivity contribution in [2.45, 2.75) is 39.7 Å². The van der Waals surface area contributed by atoms with Crippen molar-refractivity contribution in [1.29, 1.82) is 0 Å². The first kappa shape index (κ1) is 23.2. The molecule has 2 aromatic rings. The number of rotatable bonds is 8. The van der Waals surface area contributed by atoms with Gasteiger partial charge in [-0.1, -0.05) is 18.2 Å². The van der Waals surface area contributed by atoms with Crippen LogP contribution in [0.1, 0.15) is 32.8 Å². The van der Waals surface area contributed by atoms with E-state index in [1.165, 1.54) is 5.56 Å². The number of carbonyl (C=O) groups excluding carboxylic acids is 1. The summed E-state index contributed by atoms with van der Waals surface area (Å²) in [5.41, 5.74) is 4.06. The molecule has 1 atom stereocenters. The minimum absolute atomic E-state index is 0.0684. The van der Waals surface area contributed by atoms with Crippen LogP contribution in [0, 0.1) is 0 Å². The summed E-state index contributed by atoms with van der Waals surface area (Å²) in [7, 11) is 0. The molecule has 4 rings (SSSR count). The molecule has 2 heterocycles. The summed E-state index contributed by atoms with van der Waals surface area (Å²) in [6.45, 7) is 10.4. The fourth-order valence-electron chi connectivity index (χ4n) is 4.59. The molecule has 0 spiro atoms. The summed E-state index contributed by atoms with van der Waals surface area (Å²) < 4.78 is 17.4. The van der Waals surface area contributed by atoms with E-state index < -0.39 is 0 Å². The number of hydrogen-bond acceptors (Lipinski definition) is 6. The van der Waals surface area contributed by atoms with Crippen LogP contribution in [0.2, 0.25) is 0 Å². The summed E-state index contributed by atoms with van der Waals surface area (Å²) in [4.78, 5) is 17.6. The highest BCUT2D eigenvalue weighted by molar-refractivity contribution is 5.96. The number of amides is 1. The zero-order valence-corrected chi connectivity index (χ0v) is 19.9. The second-order valence-electron chi connectivity index (χ2n) is 8.47. The Bertz CT molecular complexity index is 959. The van der Waals surface area contributed by atoms with Gasteiger partial charge in [-0.15, -0.1) is 0 Å². The SMILES string of the molecule is CCOc1cc(N2CCOCC2)c(OCC)cc1NC(=O)CN1c2ccccc2CC[C@@H]1C. The highest BCUT2D eigenvalue weighted by atomic mass is 16.5. The first-order valence-corrected chi connectivity index (χ1v) is 12.0. The Hall–Kier alpha value is -2.93. The number of para-hydroxylation sites is 1. The quantitative estimate of drug-likeness (QED) is 0.649. The molecular formula is C26H35N3O4. The molecule has 1 amide bonds. The van der Waals surface area contributed by atoms with Crippen molar-refractivity contribution >= 4 is 23.0 Å². The molecule has 1 saturated heterocycles. The zero-order chi connectivity index (χ0) is 23.2. The van der Waals surface area contributed by atoms with Crippen LogP contribution < -0.4 is 24.6 Å². The number of anilines is 3. The van der Waals surface area contributed by atoms with E-state index in [-0.39, 0.29) is 5.91 Å². The number of nitrogens with one attached hydrogen (secondary N) is 1. The monoisotopic (exact) mass is 453 g/mol. The lowest BCUT2D eigenvalue weighted by Gasteiger charge is -2.36. The fourth-order valence-corrected chi connectivity index (χ4v) is 4.59. The third-order valence-electron chi connectivity index (χ3n) is 6.27. The average molecular weight is 454 g/mol. The van der Waals surface area contributed by atoms with Crippen LogP contribution in [0.25, 0.3) is 0 Å². The van der Waals surface area contributed by atoms with Crippen molar-refractivity contribution in [1.82, 2.24) is 0 Å². The Morgan fingerprint density at radius 1 is 1.06 bits per heavy atom.